The summed E-state index contributed by atoms with van der Waals surface area (Å²) in [5.74, 6) is 0.363. The summed E-state index contributed by atoms with van der Waals surface area (Å²) in [5, 5.41) is 10.1. The summed E-state index contributed by atoms with van der Waals surface area (Å²) in [4.78, 5) is 12.8. The quantitative estimate of drug-likeness (QED) is 0.844. The fraction of sp³-hybridized carbons (Fsp3) is 0.632. The summed E-state index contributed by atoms with van der Waals surface area (Å²) in [7, 11) is 0. The highest BCUT2D eigenvalue weighted by atomic mass is 16.3. The molecule has 2 nitrogen and oxygen atoms in total. The van der Waals surface area contributed by atoms with Crippen molar-refractivity contribution in [3.8, 4) is 0 Å². The van der Waals surface area contributed by atoms with Crippen LogP contribution in [0.1, 0.15) is 62.2 Å². The smallest absolute Gasteiger partial charge is 0.165 e. The monoisotopic (exact) mass is 286 g/mol. The second-order valence-corrected chi connectivity index (χ2v) is 7.38. The van der Waals surface area contributed by atoms with Crippen LogP contribution in [-0.2, 0) is 0 Å². The zero-order valence-corrected chi connectivity index (χ0v) is 13.0. The number of ketones is 1. The van der Waals surface area contributed by atoms with Crippen LogP contribution in [0.25, 0.3) is 0 Å². The molecule has 3 atom stereocenters. The molecule has 114 valence electrons. The number of hydrogen-bond acceptors (Lipinski definition) is 2. The topological polar surface area (TPSA) is 37.3 Å². The SMILES string of the molecule is C[C@]12CCCC[C@]1(CO)C[C@@H](C(=O)c1ccccc1)CC2. The molecule has 2 aliphatic carbocycles. The van der Waals surface area contributed by atoms with Crippen LogP contribution in [-0.4, -0.2) is 17.5 Å². The van der Waals surface area contributed by atoms with E-state index >= 15 is 0 Å². The number of hydrogen-bond donors (Lipinski definition) is 1. The van der Waals surface area contributed by atoms with Crippen molar-refractivity contribution in [2.24, 2.45) is 16.7 Å². The summed E-state index contributed by atoms with van der Waals surface area (Å²) in [6, 6.07) is 9.65. The standard InChI is InChI=1S/C19H26O2/c1-18-10-5-6-11-19(18,14-20)13-16(9-12-18)17(21)15-7-3-2-4-8-15/h2-4,7-8,16,20H,5-6,9-14H2,1H3/t16-,18+,19+/m0/s1. The third kappa shape index (κ3) is 2.44. The minimum atomic E-state index is -0.0292. The van der Waals surface area contributed by atoms with Gasteiger partial charge in [0.15, 0.2) is 5.78 Å². The molecule has 0 amide bonds. The van der Waals surface area contributed by atoms with Crippen molar-refractivity contribution in [1.29, 1.82) is 0 Å². The normalized spacial score (nSPS) is 36.0. The minimum Gasteiger partial charge on any atom is -0.396 e. The van der Waals surface area contributed by atoms with E-state index in [1.165, 1.54) is 19.3 Å². The van der Waals surface area contributed by atoms with E-state index in [9.17, 15) is 9.90 Å². The number of fused-ring (bicyclic) bond motifs is 1. The van der Waals surface area contributed by atoms with Crippen LogP contribution in [0.15, 0.2) is 30.3 Å². The third-order valence-electron chi connectivity index (χ3n) is 6.33. The van der Waals surface area contributed by atoms with Crippen LogP contribution in [0, 0.1) is 16.7 Å². The molecular weight excluding hydrogens is 260 g/mol. The molecule has 2 fully saturated rings. The van der Waals surface area contributed by atoms with Crippen molar-refractivity contribution in [3.63, 3.8) is 0 Å². The molecule has 2 heteroatoms. The van der Waals surface area contributed by atoms with E-state index in [0.717, 1.165) is 31.2 Å². The molecule has 0 aliphatic heterocycles. The number of aliphatic hydroxyl groups excluding tert-OH is 1. The van der Waals surface area contributed by atoms with Gasteiger partial charge in [0.05, 0.1) is 0 Å². The maximum Gasteiger partial charge on any atom is 0.165 e. The van der Waals surface area contributed by atoms with Gasteiger partial charge in [-0.1, -0.05) is 50.1 Å². The van der Waals surface area contributed by atoms with Crippen molar-refractivity contribution in [3.05, 3.63) is 35.9 Å². The zero-order valence-electron chi connectivity index (χ0n) is 13.0. The van der Waals surface area contributed by atoms with Crippen molar-refractivity contribution in [2.45, 2.75) is 51.9 Å². The predicted molar refractivity (Wildman–Crippen MR) is 84.2 cm³/mol. The maximum absolute atomic E-state index is 12.8. The van der Waals surface area contributed by atoms with Crippen molar-refractivity contribution in [2.75, 3.05) is 6.61 Å². The molecule has 3 rings (SSSR count). The largest absolute Gasteiger partial charge is 0.396 e. The average Bonchev–Trinajstić information content (AvgIpc) is 2.54. The predicted octanol–water partition coefficient (Wildman–Crippen LogP) is 4.23. The first-order valence-corrected chi connectivity index (χ1v) is 8.30. The molecule has 2 saturated carbocycles. The van der Waals surface area contributed by atoms with Crippen LogP contribution >= 0.6 is 0 Å². The van der Waals surface area contributed by atoms with Crippen molar-refractivity contribution >= 4 is 5.78 Å². The van der Waals surface area contributed by atoms with Gasteiger partial charge >= 0.3 is 0 Å². The number of Topliss-reactive ketones (excluding diaryl/α,β-unsaturated/α-hetero) is 1. The van der Waals surface area contributed by atoms with E-state index in [1.54, 1.807) is 0 Å². The van der Waals surface area contributed by atoms with E-state index in [4.69, 9.17) is 0 Å². The molecule has 0 aromatic heterocycles. The zero-order chi connectivity index (χ0) is 14.9. The second-order valence-electron chi connectivity index (χ2n) is 7.38. The van der Waals surface area contributed by atoms with Crippen LogP contribution in [0.3, 0.4) is 0 Å². The van der Waals surface area contributed by atoms with Gasteiger partial charge in [0.1, 0.15) is 0 Å². The summed E-state index contributed by atoms with van der Waals surface area (Å²) in [5.41, 5.74) is 1.03. The summed E-state index contributed by atoms with van der Waals surface area (Å²) in [6.45, 7) is 2.58. The molecule has 1 aromatic carbocycles. The van der Waals surface area contributed by atoms with Gasteiger partial charge < -0.3 is 5.11 Å². The van der Waals surface area contributed by atoms with Crippen LogP contribution in [0.5, 0.6) is 0 Å². The van der Waals surface area contributed by atoms with Gasteiger partial charge in [-0.15, -0.1) is 0 Å². The molecule has 2 aliphatic rings. The average molecular weight is 286 g/mol. The molecule has 0 saturated heterocycles. The molecule has 1 N–H and O–H groups in total. The van der Waals surface area contributed by atoms with Gasteiger partial charge in [0.2, 0.25) is 0 Å². The van der Waals surface area contributed by atoms with Gasteiger partial charge in [-0.3, -0.25) is 4.79 Å². The molecular formula is C19H26O2. The Morgan fingerprint density at radius 3 is 2.62 bits per heavy atom. The number of carbonyl (C=O) groups excluding carboxylic acids is 1. The Hall–Kier alpha value is -1.15. The summed E-state index contributed by atoms with van der Waals surface area (Å²) in [6.07, 6.45) is 7.69. The lowest BCUT2D eigenvalue weighted by atomic mass is 9.49. The molecule has 0 unspecified atom stereocenters. The number of benzene rings is 1. The summed E-state index contributed by atoms with van der Waals surface area (Å²) < 4.78 is 0. The van der Waals surface area contributed by atoms with Crippen molar-refractivity contribution in [1.82, 2.24) is 0 Å². The second kappa shape index (κ2) is 5.57. The summed E-state index contributed by atoms with van der Waals surface area (Å²) >= 11 is 0. The van der Waals surface area contributed by atoms with Crippen LogP contribution in [0.2, 0.25) is 0 Å². The molecule has 1 aromatic rings. The molecule has 0 heterocycles. The highest BCUT2D eigenvalue weighted by molar-refractivity contribution is 5.97. The first kappa shape index (κ1) is 14.8. The first-order chi connectivity index (χ1) is 10.1. The number of rotatable bonds is 3. The fourth-order valence-electron chi connectivity index (χ4n) is 4.75. The first-order valence-electron chi connectivity index (χ1n) is 8.30. The van der Waals surface area contributed by atoms with Gasteiger partial charge in [-0.05, 0) is 42.9 Å². The lowest BCUT2D eigenvalue weighted by molar-refractivity contribution is -0.0900. The lowest BCUT2D eigenvalue weighted by Crippen LogP contribution is -2.50. The van der Waals surface area contributed by atoms with Gasteiger partial charge in [-0.25, -0.2) is 0 Å². The Morgan fingerprint density at radius 1 is 1.19 bits per heavy atom. The fourth-order valence-corrected chi connectivity index (χ4v) is 4.75. The van der Waals surface area contributed by atoms with Gasteiger partial charge in [-0.2, -0.15) is 0 Å². The van der Waals surface area contributed by atoms with Crippen LogP contribution in [0.4, 0.5) is 0 Å². The van der Waals surface area contributed by atoms with Crippen LogP contribution < -0.4 is 0 Å². The molecule has 21 heavy (non-hydrogen) atoms. The lowest BCUT2D eigenvalue weighted by Gasteiger charge is -2.56. The van der Waals surface area contributed by atoms with Gasteiger partial charge in [0.25, 0.3) is 0 Å². The minimum absolute atomic E-state index is 0.0292. The number of aliphatic hydroxyl groups is 1. The Kier molecular flexibility index (Phi) is 3.92. The Balaban J connectivity index is 1.83. The molecule has 0 bridgehead atoms. The maximum atomic E-state index is 12.8. The van der Waals surface area contributed by atoms with Gasteiger partial charge in [0, 0.05) is 18.1 Å². The highest BCUT2D eigenvalue weighted by Crippen LogP contribution is 2.60. The third-order valence-corrected chi connectivity index (χ3v) is 6.33. The van der Waals surface area contributed by atoms with Crippen molar-refractivity contribution < 1.29 is 9.90 Å². The highest BCUT2D eigenvalue weighted by Gasteiger charge is 2.53. The Bertz CT molecular complexity index is 510. The van der Waals surface area contributed by atoms with E-state index < -0.39 is 0 Å². The van der Waals surface area contributed by atoms with E-state index in [2.05, 4.69) is 6.92 Å². The Labute approximate surface area is 127 Å². The van der Waals surface area contributed by atoms with E-state index in [-0.39, 0.29) is 29.1 Å². The molecule has 0 spiro atoms. The molecule has 0 radical (unpaired) electrons. The van der Waals surface area contributed by atoms with E-state index in [0.29, 0.717) is 0 Å². The Morgan fingerprint density at radius 2 is 1.90 bits per heavy atom. The number of carbonyl (C=O) groups is 1. The van der Waals surface area contributed by atoms with E-state index in [1.807, 2.05) is 30.3 Å².